The van der Waals surface area contributed by atoms with E-state index in [1.807, 2.05) is 0 Å². The Kier molecular flexibility index (Phi) is 4.48. The maximum Gasteiger partial charge on any atom is 0.252 e. The lowest BCUT2D eigenvalue weighted by atomic mass is 9.99. The molecule has 0 saturated carbocycles. The van der Waals surface area contributed by atoms with Gasteiger partial charge in [0.2, 0.25) is 12.2 Å². The Morgan fingerprint density at radius 3 is 2.96 bits per heavy atom. The second-order valence-electron chi connectivity index (χ2n) is 6.43. The van der Waals surface area contributed by atoms with Gasteiger partial charge in [-0.15, -0.1) is 0 Å². The van der Waals surface area contributed by atoms with E-state index in [1.54, 1.807) is 56.8 Å². The molecular formula is C20H18FN3O4. The molecule has 2 aromatic heterocycles. The Balaban J connectivity index is 1.74. The molecule has 1 unspecified atom stereocenters. The van der Waals surface area contributed by atoms with Gasteiger partial charge in [-0.25, -0.2) is 9.37 Å². The molecule has 3 aromatic rings. The number of nitrogens with one attached hydrogen (secondary N) is 1. The number of aromatic nitrogens is 1. The number of rotatable bonds is 4. The van der Waals surface area contributed by atoms with Crippen LogP contribution < -0.4 is 10.1 Å². The molecule has 0 radical (unpaired) electrons. The van der Waals surface area contributed by atoms with Crippen molar-refractivity contribution >= 4 is 22.6 Å². The zero-order chi connectivity index (χ0) is 19.8. The van der Waals surface area contributed by atoms with Crippen molar-refractivity contribution in [1.29, 1.82) is 0 Å². The van der Waals surface area contributed by atoms with Gasteiger partial charge in [-0.1, -0.05) is 0 Å². The van der Waals surface area contributed by atoms with E-state index in [4.69, 9.17) is 9.15 Å². The fourth-order valence-corrected chi connectivity index (χ4v) is 3.25. The molecule has 8 heteroatoms. The first-order chi connectivity index (χ1) is 13.5. The van der Waals surface area contributed by atoms with Crippen molar-refractivity contribution in [2.45, 2.75) is 20.0 Å². The van der Waals surface area contributed by atoms with E-state index in [0.29, 0.717) is 45.0 Å². The standard InChI is InChI=1S/C20H18FN3O4/c1-11-17(24(2)20(26)23-18(11)25)14-4-3-13(9-12(14)10-21)28-19-15-6-8-27-16(15)5-7-22-19/h3-9,20,26H,10H2,1-2H3,(H,23,25). The number of furan rings is 1. The minimum absolute atomic E-state index is 0.333. The maximum absolute atomic E-state index is 13.8. The van der Waals surface area contributed by atoms with Gasteiger partial charge < -0.3 is 24.5 Å². The summed E-state index contributed by atoms with van der Waals surface area (Å²) in [4.78, 5) is 17.7. The Morgan fingerprint density at radius 1 is 1.36 bits per heavy atom. The van der Waals surface area contributed by atoms with Gasteiger partial charge in [0.1, 0.15) is 18.0 Å². The highest BCUT2D eigenvalue weighted by Crippen LogP contribution is 2.34. The number of halogens is 1. The number of nitrogens with zero attached hydrogens (tertiary/aromatic N) is 2. The number of benzene rings is 1. The number of carbonyl (C=O) groups is 1. The zero-order valence-electron chi connectivity index (χ0n) is 15.3. The number of aliphatic hydroxyl groups is 1. The van der Waals surface area contributed by atoms with E-state index in [2.05, 4.69) is 10.3 Å². The molecule has 2 N–H and O–H groups in total. The molecule has 1 atom stereocenters. The Labute approximate surface area is 160 Å². The lowest BCUT2D eigenvalue weighted by Gasteiger charge is -2.35. The maximum atomic E-state index is 13.8. The highest BCUT2D eigenvalue weighted by Gasteiger charge is 2.29. The number of carbonyl (C=O) groups excluding carboxylic acids is 1. The van der Waals surface area contributed by atoms with E-state index in [-0.39, 0.29) is 0 Å². The van der Waals surface area contributed by atoms with Crippen LogP contribution in [0, 0.1) is 0 Å². The van der Waals surface area contributed by atoms with Gasteiger partial charge >= 0.3 is 0 Å². The summed E-state index contributed by atoms with van der Waals surface area (Å²) in [5.74, 6) is 0.352. The summed E-state index contributed by atoms with van der Waals surface area (Å²) in [6.45, 7) is 0.862. The van der Waals surface area contributed by atoms with Crippen molar-refractivity contribution in [2.75, 3.05) is 7.05 Å². The van der Waals surface area contributed by atoms with Crippen molar-refractivity contribution in [3.63, 3.8) is 0 Å². The highest BCUT2D eigenvalue weighted by atomic mass is 19.1. The van der Waals surface area contributed by atoms with Crippen molar-refractivity contribution in [3.8, 4) is 11.6 Å². The van der Waals surface area contributed by atoms with E-state index < -0.39 is 18.9 Å². The Bertz CT molecular complexity index is 1090. The summed E-state index contributed by atoms with van der Waals surface area (Å²) in [6, 6.07) is 8.36. The summed E-state index contributed by atoms with van der Waals surface area (Å²) in [7, 11) is 1.62. The molecule has 1 aliphatic heterocycles. The number of aliphatic hydroxyl groups excluding tert-OH is 1. The summed E-state index contributed by atoms with van der Waals surface area (Å²) in [5.41, 5.74) is 2.33. The Morgan fingerprint density at radius 2 is 2.18 bits per heavy atom. The van der Waals surface area contributed by atoms with Gasteiger partial charge in [0, 0.05) is 24.4 Å². The van der Waals surface area contributed by atoms with Crippen LogP contribution in [0.1, 0.15) is 18.1 Å². The molecule has 0 fully saturated rings. The number of hydrogen-bond donors (Lipinski definition) is 2. The molecule has 0 aliphatic carbocycles. The van der Waals surface area contributed by atoms with E-state index in [0.717, 1.165) is 0 Å². The molecule has 1 aliphatic rings. The summed E-state index contributed by atoms with van der Waals surface area (Å²) < 4.78 is 25.0. The van der Waals surface area contributed by atoms with Crippen LogP contribution in [0.5, 0.6) is 11.6 Å². The summed E-state index contributed by atoms with van der Waals surface area (Å²) in [5, 5.41) is 13.1. The third-order valence-corrected chi connectivity index (χ3v) is 4.71. The minimum Gasteiger partial charge on any atom is -0.464 e. The number of pyridine rings is 1. The molecule has 4 rings (SSSR count). The van der Waals surface area contributed by atoms with Crippen LogP contribution in [0.15, 0.2) is 52.8 Å². The van der Waals surface area contributed by atoms with Crippen LogP contribution >= 0.6 is 0 Å². The SMILES string of the molecule is CC1=C(c2ccc(Oc3nccc4occc34)cc2CF)N(C)C(O)NC1=O. The quantitative estimate of drug-likeness (QED) is 0.720. The monoisotopic (exact) mass is 383 g/mol. The fraction of sp³-hybridized carbons (Fsp3) is 0.200. The number of hydrogen-bond acceptors (Lipinski definition) is 6. The summed E-state index contributed by atoms with van der Waals surface area (Å²) in [6.07, 6.45) is 1.92. The normalized spacial score (nSPS) is 17.2. The van der Waals surface area contributed by atoms with E-state index >= 15 is 0 Å². The molecule has 1 amide bonds. The van der Waals surface area contributed by atoms with E-state index in [9.17, 15) is 14.3 Å². The van der Waals surface area contributed by atoms with Crippen LogP contribution in [0.2, 0.25) is 0 Å². The van der Waals surface area contributed by atoms with Gasteiger partial charge in [0.15, 0.2) is 0 Å². The predicted molar refractivity (Wildman–Crippen MR) is 99.8 cm³/mol. The van der Waals surface area contributed by atoms with Crippen LogP contribution in [-0.2, 0) is 11.5 Å². The van der Waals surface area contributed by atoms with Crippen LogP contribution in [0.4, 0.5) is 4.39 Å². The average molecular weight is 383 g/mol. The lowest BCUT2D eigenvalue weighted by Crippen LogP contribution is -2.50. The molecule has 0 spiro atoms. The van der Waals surface area contributed by atoms with Crippen LogP contribution in [0.3, 0.4) is 0 Å². The van der Waals surface area contributed by atoms with Gasteiger partial charge in [-0.05, 0) is 42.8 Å². The highest BCUT2D eigenvalue weighted by molar-refractivity contribution is 6.02. The molecular weight excluding hydrogens is 365 g/mol. The molecule has 28 heavy (non-hydrogen) atoms. The van der Waals surface area contributed by atoms with Gasteiger partial charge in [-0.3, -0.25) is 4.79 Å². The number of alkyl halides is 1. The zero-order valence-corrected chi connectivity index (χ0v) is 15.3. The molecule has 3 heterocycles. The van der Waals surface area contributed by atoms with Crippen molar-refractivity contribution in [3.05, 3.63) is 59.5 Å². The average Bonchev–Trinajstić information content (AvgIpc) is 3.17. The number of amides is 1. The predicted octanol–water partition coefficient (Wildman–Crippen LogP) is 3.16. The molecule has 0 bridgehead atoms. The largest absolute Gasteiger partial charge is 0.464 e. The number of ether oxygens (including phenoxy) is 1. The fourth-order valence-electron chi connectivity index (χ4n) is 3.25. The topological polar surface area (TPSA) is 87.8 Å². The van der Waals surface area contributed by atoms with Crippen molar-refractivity contribution in [2.24, 2.45) is 0 Å². The van der Waals surface area contributed by atoms with Gasteiger partial charge in [0.25, 0.3) is 5.91 Å². The second kappa shape index (κ2) is 6.97. The smallest absolute Gasteiger partial charge is 0.252 e. The van der Waals surface area contributed by atoms with Crippen molar-refractivity contribution < 1.29 is 23.4 Å². The molecule has 144 valence electrons. The van der Waals surface area contributed by atoms with Crippen LogP contribution in [0.25, 0.3) is 16.7 Å². The lowest BCUT2D eigenvalue weighted by molar-refractivity contribution is -0.124. The first-order valence-corrected chi connectivity index (χ1v) is 8.61. The van der Waals surface area contributed by atoms with Gasteiger partial charge in [0.05, 0.1) is 17.3 Å². The van der Waals surface area contributed by atoms with E-state index in [1.165, 1.54) is 4.90 Å². The Hall–Kier alpha value is -3.39. The third-order valence-electron chi connectivity index (χ3n) is 4.71. The molecule has 0 saturated heterocycles. The van der Waals surface area contributed by atoms with Crippen LogP contribution in [-0.4, -0.2) is 34.3 Å². The number of fused-ring (bicyclic) bond motifs is 1. The van der Waals surface area contributed by atoms with Gasteiger partial charge in [-0.2, -0.15) is 0 Å². The molecule has 7 nitrogen and oxygen atoms in total. The van der Waals surface area contributed by atoms with Crippen molar-refractivity contribution in [1.82, 2.24) is 15.2 Å². The first-order valence-electron chi connectivity index (χ1n) is 8.61. The summed E-state index contributed by atoms with van der Waals surface area (Å²) >= 11 is 0. The third kappa shape index (κ3) is 2.97. The second-order valence-corrected chi connectivity index (χ2v) is 6.43. The molecule has 1 aromatic carbocycles. The first kappa shape index (κ1) is 18.0. The minimum atomic E-state index is -1.18.